The Morgan fingerprint density at radius 1 is 0.839 bits per heavy atom. The molecule has 0 aliphatic carbocycles. The van der Waals surface area contributed by atoms with Gasteiger partial charge in [-0.15, -0.1) is 0 Å². The molecule has 4 rings (SSSR count). The molecule has 0 bridgehead atoms. The summed E-state index contributed by atoms with van der Waals surface area (Å²) >= 11 is 0. The quantitative estimate of drug-likeness (QED) is 0.542. The Morgan fingerprint density at radius 2 is 1.32 bits per heavy atom. The summed E-state index contributed by atoms with van der Waals surface area (Å²) in [5, 5.41) is 3.47. The second-order valence-electron chi connectivity index (χ2n) is 8.44. The van der Waals surface area contributed by atoms with E-state index in [9.17, 15) is 4.79 Å². The van der Waals surface area contributed by atoms with E-state index in [-0.39, 0.29) is 11.9 Å². The van der Waals surface area contributed by atoms with Crippen molar-refractivity contribution in [3.63, 3.8) is 0 Å². The number of carbonyl (C=O) groups excluding carboxylic acids is 1. The number of likely N-dealkylation sites (tertiary alicyclic amines) is 1. The molecule has 1 heterocycles. The lowest BCUT2D eigenvalue weighted by Gasteiger charge is -2.35. The van der Waals surface area contributed by atoms with Crippen LogP contribution in [0, 0.1) is 0 Å². The molecule has 0 aromatic heterocycles. The summed E-state index contributed by atoms with van der Waals surface area (Å²) in [6.45, 7) is 5.17. The topological polar surface area (TPSA) is 32.3 Å². The summed E-state index contributed by atoms with van der Waals surface area (Å²) in [6, 6.07) is 30.8. The largest absolute Gasteiger partial charge is 0.347 e. The second-order valence-corrected chi connectivity index (χ2v) is 8.44. The number of rotatable bonds is 8. The van der Waals surface area contributed by atoms with Gasteiger partial charge in [-0.25, -0.2) is 0 Å². The van der Waals surface area contributed by atoms with Crippen LogP contribution in [0.25, 0.3) is 0 Å². The number of carbonyl (C=O) groups is 1. The van der Waals surface area contributed by atoms with Crippen molar-refractivity contribution in [3.05, 3.63) is 108 Å². The zero-order chi connectivity index (χ0) is 21.5. The average Bonchev–Trinajstić information content (AvgIpc) is 3.35. The first-order valence-corrected chi connectivity index (χ1v) is 11.4. The molecule has 3 aromatic rings. The molecule has 1 fully saturated rings. The van der Waals surface area contributed by atoms with Gasteiger partial charge in [-0.1, -0.05) is 97.9 Å². The lowest BCUT2D eigenvalue weighted by molar-refractivity contribution is -0.126. The lowest BCUT2D eigenvalue weighted by Crippen LogP contribution is -2.48. The van der Waals surface area contributed by atoms with E-state index in [1.165, 1.54) is 12.8 Å². The molecule has 1 atom stereocenters. The van der Waals surface area contributed by atoms with Gasteiger partial charge >= 0.3 is 0 Å². The van der Waals surface area contributed by atoms with E-state index in [1.807, 2.05) is 42.5 Å². The lowest BCUT2D eigenvalue weighted by atomic mass is 9.71. The van der Waals surface area contributed by atoms with Crippen LogP contribution in [-0.4, -0.2) is 30.4 Å². The maximum atomic E-state index is 14.1. The molecular formula is C28H32N2O. The molecule has 160 valence electrons. The maximum absolute atomic E-state index is 14.1. The Morgan fingerprint density at radius 3 is 1.81 bits per heavy atom. The standard InChI is InChI=1S/C28H32N2O/c1-2-28(24-16-8-4-9-17-24,25-18-10-5-11-19-25)27(31)29-26(22-30-20-12-13-21-30)23-14-6-3-7-15-23/h3-11,14-19,26H,2,12-13,20-22H2,1H3,(H,29,31)/t26-/m1/s1. The highest BCUT2D eigenvalue weighted by molar-refractivity contribution is 5.92. The Labute approximate surface area is 186 Å². The summed E-state index contributed by atoms with van der Waals surface area (Å²) in [7, 11) is 0. The highest BCUT2D eigenvalue weighted by atomic mass is 16.2. The van der Waals surface area contributed by atoms with Crippen molar-refractivity contribution in [2.24, 2.45) is 0 Å². The van der Waals surface area contributed by atoms with Crippen LogP contribution in [0.5, 0.6) is 0 Å². The molecule has 1 aliphatic rings. The third-order valence-electron chi connectivity index (χ3n) is 6.60. The number of amides is 1. The molecule has 3 aromatic carbocycles. The minimum Gasteiger partial charge on any atom is -0.347 e. The van der Waals surface area contributed by atoms with E-state index in [1.54, 1.807) is 0 Å². The van der Waals surface area contributed by atoms with Crippen molar-refractivity contribution in [3.8, 4) is 0 Å². The van der Waals surface area contributed by atoms with Gasteiger partial charge in [0.1, 0.15) is 0 Å². The van der Waals surface area contributed by atoms with Crippen molar-refractivity contribution in [2.45, 2.75) is 37.6 Å². The summed E-state index contributed by atoms with van der Waals surface area (Å²) in [4.78, 5) is 16.6. The Bertz CT molecular complexity index is 911. The number of hydrogen-bond donors (Lipinski definition) is 1. The molecule has 1 saturated heterocycles. The predicted octanol–water partition coefficient (Wildman–Crippen LogP) is 5.34. The van der Waals surface area contributed by atoms with E-state index in [0.717, 1.165) is 36.3 Å². The number of hydrogen-bond acceptors (Lipinski definition) is 2. The summed E-state index contributed by atoms with van der Waals surface area (Å²) in [5.74, 6) is 0.0699. The first-order valence-electron chi connectivity index (χ1n) is 11.4. The SMILES string of the molecule is CCC(C(=O)N[C@H](CN1CCCC1)c1ccccc1)(c1ccccc1)c1ccccc1. The molecule has 31 heavy (non-hydrogen) atoms. The normalized spacial score (nSPS) is 15.5. The van der Waals surface area contributed by atoms with Gasteiger partial charge < -0.3 is 10.2 Å². The monoisotopic (exact) mass is 412 g/mol. The van der Waals surface area contributed by atoms with Gasteiger partial charge in [0.05, 0.1) is 11.5 Å². The number of nitrogens with one attached hydrogen (secondary N) is 1. The summed E-state index contributed by atoms with van der Waals surface area (Å²) in [6.07, 6.45) is 3.17. The van der Waals surface area contributed by atoms with Crippen molar-refractivity contribution in [1.29, 1.82) is 0 Å². The van der Waals surface area contributed by atoms with Crippen LogP contribution >= 0.6 is 0 Å². The fraction of sp³-hybridized carbons (Fsp3) is 0.321. The Balaban J connectivity index is 1.71. The Hall–Kier alpha value is -2.91. The van der Waals surface area contributed by atoms with Crippen molar-refractivity contribution < 1.29 is 4.79 Å². The number of nitrogens with zero attached hydrogens (tertiary/aromatic N) is 1. The molecule has 1 amide bonds. The fourth-order valence-corrected chi connectivity index (χ4v) is 4.87. The van der Waals surface area contributed by atoms with Crippen molar-refractivity contribution in [1.82, 2.24) is 10.2 Å². The molecular weight excluding hydrogens is 380 g/mol. The molecule has 3 heteroatoms. The van der Waals surface area contributed by atoms with Gasteiger partial charge in [0.2, 0.25) is 5.91 Å². The average molecular weight is 413 g/mol. The van der Waals surface area contributed by atoms with E-state index in [0.29, 0.717) is 6.42 Å². The van der Waals surface area contributed by atoms with Crippen LogP contribution in [0.2, 0.25) is 0 Å². The van der Waals surface area contributed by atoms with Gasteiger partial charge in [0.25, 0.3) is 0 Å². The van der Waals surface area contributed by atoms with Gasteiger partial charge in [-0.3, -0.25) is 4.79 Å². The maximum Gasteiger partial charge on any atom is 0.235 e. The summed E-state index contributed by atoms with van der Waals surface area (Å²) < 4.78 is 0. The molecule has 1 N–H and O–H groups in total. The van der Waals surface area contributed by atoms with E-state index < -0.39 is 5.41 Å². The van der Waals surface area contributed by atoms with Crippen LogP contribution in [0.1, 0.15) is 48.9 Å². The first kappa shape index (κ1) is 21.3. The molecule has 0 unspecified atom stereocenters. The van der Waals surface area contributed by atoms with Gasteiger partial charge in [-0.05, 0) is 49.0 Å². The van der Waals surface area contributed by atoms with Crippen LogP contribution in [0.4, 0.5) is 0 Å². The van der Waals surface area contributed by atoms with Gasteiger partial charge in [-0.2, -0.15) is 0 Å². The van der Waals surface area contributed by atoms with E-state index >= 15 is 0 Å². The van der Waals surface area contributed by atoms with Gasteiger partial charge in [0, 0.05) is 6.54 Å². The predicted molar refractivity (Wildman–Crippen MR) is 127 cm³/mol. The van der Waals surface area contributed by atoms with E-state index in [2.05, 4.69) is 65.7 Å². The summed E-state index contributed by atoms with van der Waals surface area (Å²) in [5.41, 5.74) is 2.51. The van der Waals surface area contributed by atoms with Gasteiger partial charge in [0.15, 0.2) is 0 Å². The molecule has 3 nitrogen and oxygen atoms in total. The second kappa shape index (κ2) is 9.93. The van der Waals surface area contributed by atoms with Crippen LogP contribution in [-0.2, 0) is 10.2 Å². The third-order valence-corrected chi connectivity index (χ3v) is 6.60. The Kier molecular flexibility index (Phi) is 6.83. The molecule has 0 saturated carbocycles. The van der Waals surface area contributed by atoms with Crippen LogP contribution < -0.4 is 5.32 Å². The highest BCUT2D eigenvalue weighted by Gasteiger charge is 2.41. The highest BCUT2D eigenvalue weighted by Crippen LogP contribution is 2.37. The first-order chi connectivity index (χ1) is 15.2. The zero-order valence-electron chi connectivity index (χ0n) is 18.3. The van der Waals surface area contributed by atoms with E-state index in [4.69, 9.17) is 0 Å². The fourth-order valence-electron chi connectivity index (χ4n) is 4.87. The van der Waals surface area contributed by atoms with Crippen LogP contribution in [0.15, 0.2) is 91.0 Å². The number of benzene rings is 3. The minimum atomic E-state index is -0.722. The zero-order valence-corrected chi connectivity index (χ0v) is 18.3. The molecule has 0 spiro atoms. The molecule has 0 radical (unpaired) electrons. The van der Waals surface area contributed by atoms with Crippen molar-refractivity contribution >= 4 is 5.91 Å². The van der Waals surface area contributed by atoms with Crippen molar-refractivity contribution in [2.75, 3.05) is 19.6 Å². The third kappa shape index (κ3) is 4.57. The minimum absolute atomic E-state index is 0.0369. The smallest absolute Gasteiger partial charge is 0.235 e. The molecule has 1 aliphatic heterocycles. The van der Waals surface area contributed by atoms with Crippen LogP contribution in [0.3, 0.4) is 0 Å².